The molecule has 5 rings (SSSR count). The van der Waals surface area contributed by atoms with Crippen molar-refractivity contribution in [1.82, 2.24) is 19.4 Å². The Hall–Kier alpha value is -3.21. The maximum atomic E-state index is 4.71. The quantitative estimate of drug-likeness (QED) is 0.433. The lowest BCUT2D eigenvalue weighted by molar-refractivity contribution is 0.103. The fourth-order valence-corrected chi connectivity index (χ4v) is 4.72. The third-order valence-electron chi connectivity index (χ3n) is 6.34. The number of aryl methyl sites for hydroxylation is 1. The van der Waals surface area contributed by atoms with Crippen LogP contribution < -0.4 is 0 Å². The smallest absolute Gasteiger partial charge is 0.137 e. The van der Waals surface area contributed by atoms with Crippen molar-refractivity contribution >= 4 is 0 Å². The van der Waals surface area contributed by atoms with E-state index in [2.05, 4.69) is 105 Å². The first-order valence-electron chi connectivity index (χ1n) is 11.4. The highest BCUT2D eigenvalue weighted by Gasteiger charge is 2.26. The summed E-state index contributed by atoms with van der Waals surface area (Å²) >= 11 is 0. The van der Waals surface area contributed by atoms with Crippen LogP contribution in [0.15, 0.2) is 97.2 Å². The summed E-state index contributed by atoms with van der Waals surface area (Å²) in [5, 5.41) is 0. The summed E-state index contributed by atoms with van der Waals surface area (Å²) in [5.74, 6) is 0.997. The van der Waals surface area contributed by atoms with Gasteiger partial charge in [0.15, 0.2) is 0 Å². The zero-order valence-corrected chi connectivity index (χ0v) is 18.6. The Balaban J connectivity index is 1.30. The molecule has 3 heterocycles. The van der Waals surface area contributed by atoms with Crippen molar-refractivity contribution in [3.8, 4) is 5.82 Å². The minimum absolute atomic E-state index is 0.305. The van der Waals surface area contributed by atoms with Gasteiger partial charge in [-0.3, -0.25) is 9.80 Å². The number of rotatable bonds is 6. The molecule has 0 atom stereocenters. The van der Waals surface area contributed by atoms with E-state index in [1.54, 1.807) is 0 Å². The number of hydrogen-bond acceptors (Lipinski definition) is 3. The predicted octanol–water partition coefficient (Wildman–Crippen LogP) is 5.09. The Morgan fingerprint density at radius 1 is 0.719 bits per heavy atom. The molecule has 0 unspecified atom stereocenters. The van der Waals surface area contributed by atoms with Crippen molar-refractivity contribution in [3.63, 3.8) is 0 Å². The van der Waals surface area contributed by atoms with Gasteiger partial charge < -0.3 is 4.57 Å². The molecule has 0 aliphatic carbocycles. The van der Waals surface area contributed by atoms with Gasteiger partial charge in [-0.25, -0.2) is 4.98 Å². The molecular formula is C28H30N4. The molecule has 2 aromatic carbocycles. The SMILES string of the molecule is Cc1cccc(-n2cccc2CN2CCN(C(c3ccccc3)c3ccccc3)CC2)n1. The second-order valence-electron chi connectivity index (χ2n) is 8.54. The van der Waals surface area contributed by atoms with E-state index in [1.807, 2.05) is 13.0 Å². The second-order valence-corrected chi connectivity index (χ2v) is 8.54. The van der Waals surface area contributed by atoms with Gasteiger partial charge in [0.05, 0.1) is 6.04 Å². The van der Waals surface area contributed by atoms with Gasteiger partial charge >= 0.3 is 0 Å². The minimum atomic E-state index is 0.305. The lowest BCUT2D eigenvalue weighted by Crippen LogP contribution is -2.47. The molecule has 162 valence electrons. The average Bonchev–Trinajstić information content (AvgIpc) is 3.30. The van der Waals surface area contributed by atoms with Gasteiger partial charge in [0, 0.05) is 50.3 Å². The summed E-state index contributed by atoms with van der Waals surface area (Å²) in [4.78, 5) is 9.90. The van der Waals surface area contributed by atoms with Gasteiger partial charge in [0.1, 0.15) is 5.82 Å². The van der Waals surface area contributed by atoms with Crippen LogP contribution in [0.3, 0.4) is 0 Å². The van der Waals surface area contributed by atoms with E-state index in [0.717, 1.165) is 44.2 Å². The summed E-state index contributed by atoms with van der Waals surface area (Å²) in [6.45, 7) is 7.21. The standard InChI is InChI=1S/C28H30N4/c1-23-10-8-16-27(29-23)32-17-9-15-26(32)22-30-18-20-31(21-19-30)28(24-11-4-2-5-12-24)25-13-6-3-7-14-25/h2-17,28H,18-22H2,1H3. The van der Waals surface area contributed by atoms with Crippen molar-refractivity contribution in [2.45, 2.75) is 19.5 Å². The summed E-state index contributed by atoms with van der Waals surface area (Å²) in [6, 6.07) is 32.7. The van der Waals surface area contributed by atoms with Crippen LogP contribution in [0.4, 0.5) is 0 Å². The Labute approximate surface area is 190 Å². The lowest BCUT2D eigenvalue weighted by atomic mass is 9.96. The van der Waals surface area contributed by atoms with Gasteiger partial charge in [0.2, 0.25) is 0 Å². The van der Waals surface area contributed by atoms with E-state index in [1.165, 1.54) is 16.8 Å². The van der Waals surface area contributed by atoms with Crippen LogP contribution >= 0.6 is 0 Å². The fourth-order valence-electron chi connectivity index (χ4n) is 4.72. The number of piperazine rings is 1. The third kappa shape index (κ3) is 4.52. The predicted molar refractivity (Wildman–Crippen MR) is 130 cm³/mol. The van der Waals surface area contributed by atoms with Crippen molar-refractivity contribution in [2.24, 2.45) is 0 Å². The Kier molecular flexibility index (Phi) is 6.15. The van der Waals surface area contributed by atoms with E-state index in [0.29, 0.717) is 6.04 Å². The van der Waals surface area contributed by atoms with Crippen molar-refractivity contribution in [2.75, 3.05) is 26.2 Å². The van der Waals surface area contributed by atoms with Crippen LogP contribution in [0.2, 0.25) is 0 Å². The molecule has 0 bridgehead atoms. The molecule has 1 aliphatic heterocycles. The molecule has 0 radical (unpaired) electrons. The Morgan fingerprint density at radius 3 is 2.00 bits per heavy atom. The maximum absolute atomic E-state index is 4.71. The molecule has 1 aliphatic rings. The minimum Gasteiger partial charge on any atom is -0.304 e. The van der Waals surface area contributed by atoms with Crippen LogP contribution in [0.25, 0.3) is 5.82 Å². The zero-order chi connectivity index (χ0) is 21.8. The molecule has 1 saturated heterocycles. The van der Waals surface area contributed by atoms with Gasteiger partial charge in [-0.1, -0.05) is 66.7 Å². The van der Waals surface area contributed by atoms with E-state index in [-0.39, 0.29) is 0 Å². The highest BCUT2D eigenvalue weighted by molar-refractivity contribution is 5.32. The van der Waals surface area contributed by atoms with Crippen molar-refractivity contribution in [1.29, 1.82) is 0 Å². The molecule has 4 aromatic rings. The van der Waals surface area contributed by atoms with Crippen LogP contribution in [0, 0.1) is 6.92 Å². The van der Waals surface area contributed by atoms with E-state index in [4.69, 9.17) is 4.98 Å². The normalized spacial score (nSPS) is 15.3. The second kappa shape index (κ2) is 9.51. The molecular weight excluding hydrogens is 392 g/mol. The Bertz CT molecular complexity index is 1090. The fraction of sp³-hybridized carbons (Fsp3) is 0.250. The number of hydrogen-bond donors (Lipinski definition) is 0. The first kappa shape index (κ1) is 20.7. The summed E-state index contributed by atoms with van der Waals surface area (Å²) in [5.41, 5.74) is 5.07. The van der Waals surface area contributed by atoms with Gasteiger partial charge in [-0.2, -0.15) is 0 Å². The molecule has 0 saturated carbocycles. The van der Waals surface area contributed by atoms with Crippen LogP contribution in [0.5, 0.6) is 0 Å². The average molecular weight is 423 g/mol. The van der Waals surface area contributed by atoms with Crippen LogP contribution in [-0.2, 0) is 6.54 Å². The topological polar surface area (TPSA) is 24.3 Å². The molecule has 0 amide bonds. The van der Waals surface area contributed by atoms with Crippen molar-refractivity contribution in [3.05, 3.63) is 120 Å². The molecule has 0 N–H and O–H groups in total. The molecule has 4 heteroatoms. The van der Waals surface area contributed by atoms with Crippen LogP contribution in [0.1, 0.15) is 28.6 Å². The summed E-state index contributed by atoms with van der Waals surface area (Å²) in [7, 11) is 0. The number of benzene rings is 2. The summed E-state index contributed by atoms with van der Waals surface area (Å²) < 4.78 is 2.22. The Morgan fingerprint density at radius 2 is 1.38 bits per heavy atom. The number of nitrogens with zero attached hydrogens (tertiary/aromatic N) is 4. The maximum Gasteiger partial charge on any atom is 0.137 e. The number of pyridine rings is 1. The first-order chi connectivity index (χ1) is 15.8. The van der Waals surface area contributed by atoms with Crippen LogP contribution in [-0.4, -0.2) is 45.5 Å². The van der Waals surface area contributed by atoms with Gasteiger partial charge in [-0.15, -0.1) is 0 Å². The first-order valence-corrected chi connectivity index (χ1v) is 11.4. The molecule has 32 heavy (non-hydrogen) atoms. The molecule has 1 fully saturated rings. The highest BCUT2D eigenvalue weighted by atomic mass is 15.3. The largest absolute Gasteiger partial charge is 0.304 e. The monoisotopic (exact) mass is 422 g/mol. The molecule has 2 aromatic heterocycles. The van der Waals surface area contributed by atoms with E-state index in [9.17, 15) is 0 Å². The summed E-state index contributed by atoms with van der Waals surface area (Å²) in [6.07, 6.45) is 2.12. The zero-order valence-electron chi connectivity index (χ0n) is 18.6. The van der Waals surface area contributed by atoms with Crippen molar-refractivity contribution < 1.29 is 0 Å². The van der Waals surface area contributed by atoms with Gasteiger partial charge in [0.25, 0.3) is 0 Å². The number of aromatic nitrogens is 2. The molecule has 0 spiro atoms. The molecule has 4 nitrogen and oxygen atoms in total. The van der Waals surface area contributed by atoms with E-state index >= 15 is 0 Å². The van der Waals surface area contributed by atoms with E-state index < -0.39 is 0 Å². The van der Waals surface area contributed by atoms with Gasteiger partial charge in [-0.05, 0) is 42.3 Å². The lowest BCUT2D eigenvalue weighted by Gasteiger charge is -2.39. The third-order valence-corrected chi connectivity index (χ3v) is 6.34. The highest BCUT2D eigenvalue weighted by Crippen LogP contribution is 2.29.